The number of hydrogen-bond donors (Lipinski definition) is 0. The molecular formula is C41H40Cl2SiZr-4. The third-order valence-electron chi connectivity index (χ3n) is 7.63. The SMILES string of the molecule is Cc1cc2c(-c3ccccc3)ccc(C)c2[cH-]1.Cc1ccccc1-c1cc2c(-c3ccccc3)cccc2[cH-]1.Cl.Cl.[CH3-].[CH3-].[Si]=[Zr]. The van der Waals surface area contributed by atoms with Gasteiger partial charge < -0.3 is 14.9 Å². The quantitative estimate of drug-likeness (QED) is 0.126. The van der Waals surface area contributed by atoms with Crippen LogP contribution in [-0.4, -0.2) is 6.88 Å². The molecule has 7 aromatic carbocycles. The first kappa shape index (κ1) is 40.0. The monoisotopic (exact) mass is 720 g/mol. The van der Waals surface area contributed by atoms with Crippen LogP contribution in [0.1, 0.15) is 16.7 Å². The molecular weight excluding hydrogens is 683 g/mol. The van der Waals surface area contributed by atoms with Crippen LogP contribution in [0.15, 0.2) is 140 Å². The first-order chi connectivity index (χ1) is 20.1. The Hall–Kier alpha value is -3.00. The molecule has 0 aromatic heterocycles. The zero-order chi connectivity index (χ0) is 28.8. The number of halogens is 2. The van der Waals surface area contributed by atoms with Gasteiger partial charge in [0.05, 0.1) is 0 Å². The molecule has 0 nitrogen and oxygen atoms in total. The predicted molar refractivity (Wildman–Crippen MR) is 203 cm³/mol. The van der Waals surface area contributed by atoms with E-state index >= 15 is 0 Å². The Morgan fingerprint density at radius 1 is 0.489 bits per heavy atom. The Morgan fingerprint density at radius 2 is 1.02 bits per heavy atom. The summed E-state index contributed by atoms with van der Waals surface area (Å²) in [6.45, 7) is 9.57. The van der Waals surface area contributed by atoms with Crippen LogP contribution in [0.2, 0.25) is 0 Å². The molecule has 0 heterocycles. The third kappa shape index (κ3) is 9.05. The Kier molecular flexibility index (Phi) is 16.8. The number of rotatable bonds is 3. The van der Waals surface area contributed by atoms with E-state index in [2.05, 4.69) is 167 Å². The molecule has 4 heteroatoms. The van der Waals surface area contributed by atoms with Crippen molar-refractivity contribution in [2.45, 2.75) is 20.8 Å². The maximum absolute atomic E-state index is 3.06. The molecule has 7 aromatic rings. The van der Waals surface area contributed by atoms with Gasteiger partial charge in [-0.1, -0.05) is 139 Å². The first-order valence-electron chi connectivity index (χ1n) is 13.9. The van der Waals surface area contributed by atoms with Gasteiger partial charge in [-0.2, -0.15) is 6.07 Å². The van der Waals surface area contributed by atoms with Crippen LogP contribution in [0.5, 0.6) is 0 Å². The second-order valence-electron chi connectivity index (χ2n) is 10.4. The van der Waals surface area contributed by atoms with Crippen LogP contribution in [-0.2, 0) is 23.3 Å². The number of aryl methyl sites for hydroxylation is 3. The summed E-state index contributed by atoms with van der Waals surface area (Å²) < 4.78 is 0. The molecule has 45 heavy (non-hydrogen) atoms. The summed E-state index contributed by atoms with van der Waals surface area (Å²) in [5, 5.41) is 5.38. The van der Waals surface area contributed by atoms with E-state index < -0.39 is 0 Å². The van der Waals surface area contributed by atoms with Gasteiger partial charge in [0.1, 0.15) is 0 Å². The van der Waals surface area contributed by atoms with Crippen molar-refractivity contribution >= 4 is 53.2 Å². The number of benzene rings is 5. The summed E-state index contributed by atoms with van der Waals surface area (Å²) in [5.74, 6) is 0. The summed E-state index contributed by atoms with van der Waals surface area (Å²) in [6.07, 6.45) is 0. The van der Waals surface area contributed by atoms with E-state index in [1.165, 1.54) is 95.0 Å². The maximum atomic E-state index is 3.06. The number of fused-ring (bicyclic) bond motifs is 2. The Labute approximate surface area is 299 Å². The fourth-order valence-electron chi connectivity index (χ4n) is 5.62. The molecule has 0 spiro atoms. The minimum atomic E-state index is 0. The van der Waals surface area contributed by atoms with Crippen molar-refractivity contribution in [3.63, 3.8) is 0 Å². The third-order valence-corrected chi connectivity index (χ3v) is 7.63. The van der Waals surface area contributed by atoms with E-state index in [4.69, 9.17) is 0 Å². The van der Waals surface area contributed by atoms with Crippen molar-refractivity contribution in [1.82, 2.24) is 0 Å². The van der Waals surface area contributed by atoms with E-state index in [0.29, 0.717) is 0 Å². The van der Waals surface area contributed by atoms with Crippen molar-refractivity contribution in [3.05, 3.63) is 171 Å². The predicted octanol–water partition coefficient (Wildman–Crippen LogP) is 12.4. The van der Waals surface area contributed by atoms with Gasteiger partial charge >= 0.3 is 30.2 Å². The summed E-state index contributed by atoms with van der Waals surface area (Å²) in [7, 11) is 0. The fourth-order valence-corrected chi connectivity index (χ4v) is 5.62. The molecule has 0 amide bonds. The van der Waals surface area contributed by atoms with E-state index in [0.717, 1.165) is 0 Å². The molecule has 7 rings (SSSR count). The fraction of sp³-hybridized carbons (Fsp3) is 0.0732. The minimum absolute atomic E-state index is 0. The van der Waals surface area contributed by atoms with Crippen LogP contribution in [0.25, 0.3) is 54.9 Å². The Bertz CT molecular complexity index is 1900. The van der Waals surface area contributed by atoms with E-state index in [1.807, 2.05) is 0 Å². The average Bonchev–Trinajstić information content (AvgIpc) is 3.64. The molecule has 0 fully saturated rings. The standard InChI is InChI=1S/C22H17.C17H15.2CH3.2ClH.Si.Zr/c1-16-8-5-6-12-20(16)19-14-18-11-7-13-21(22(18)15-19)17-9-3-2-4-10-17;1-12-10-16-13(2)8-9-15(17(16)11-12)14-6-4-3-5-7-14;;;;;;/h2-15H,1H3;3-11H,1-2H3;2*1H3;2*1H;;/q4*-1;;;;. The molecule has 2 radical (unpaired) electrons. The molecule has 0 unspecified atom stereocenters. The van der Waals surface area contributed by atoms with Crippen LogP contribution < -0.4 is 0 Å². The van der Waals surface area contributed by atoms with Crippen molar-refractivity contribution in [3.8, 4) is 33.4 Å². The molecule has 0 aliphatic rings. The molecule has 0 saturated heterocycles. The van der Waals surface area contributed by atoms with Gasteiger partial charge in [-0.25, -0.2) is 0 Å². The summed E-state index contributed by atoms with van der Waals surface area (Å²) >= 11 is 1.36. The molecule has 0 bridgehead atoms. The van der Waals surface area contributed by atoms with Crippen molar-refractivity contribution in [2.75, 3.05) is 0 Å². The molecule has 0 aliphatic carbocycles. The van der Waals surface area contributed by atoms with Crippen molar-refractivity contribution < 1.29 is 23.3 Å². The normalized spacial score (nSPS) is 9.56. The summed E-state index contributed by atoms with van der Waals surface area (Å²) in [5.41, 5.74) is 11.8. The van der Waals surface area contributed by atoms with Gasteiger partial charge in [0.25, 0.3) is 0 Å². The van der Waals surface area contributed by atoms with E-state index in [-0.39, 0.29) is 39.7 Å². The molecule has 0 atom stereocenters. The van der Waals surface area contributed by atoms with Gasteiger partial charge in [0.15, 0.2) is 0 Å². The van der Waals surface area contributed by atoms with Crippen molar-refractivity contribution in [2.24, 2.45) is 0 Å². The van der Waals surface area contributed by atoms with E-state index in [1.54, 1.807) is 0 Å². The topological polar surface area (TPSA) is 0 Å². The average molecular weight is 723 g/mol. The van der Waals surface area contributed by atoms with Crippen molar-refractivity contribution in [1.29, 1.82) is 0 Å². The van der Waals surface area contributed by atoms with Crippen LogP contribution in [0, 0.1) is 35.6 Å². The van der Waals surface area contributed by atoms with E-state index in [9.17, 15) is 0 Å². The van der Waals surface area contributed by atoms with Crippen LogP contribution in [0.4, 0.5) is 0 Å². The zero-order valence-corrected chi connectivity index (χ0v) is 31.7. The van der Waals surface area contributed by atoms with Gasteiger partial charge in [-0.3, -0.25) is 0 Å². The van der Waals surface area contributed by atoms with Gasteiger partial charge in [0.2, 0.25) is 0 Å². The van der Waals surface area contributed by atoms with Gasteiger partial charge in [0, 0.05) is 0 Å². The summed E-state index contributed by atoms with van der Waals surface area (Å²) in [4.78, 5) is 0. The van der Waals surface area contributed by atoms with Crippen LogP contribution >= 0.6 is 24.8 Å². The molecule has 0 aliphatic heterocycles. The Morgan fingerprint density at radius 3 is 1.62 bits per heavy atom. The second kappa shape index (κ2) is 18.8. The second-order valence-corrected chi connectivity index (χ2v) is 10.4. The first-order valence-corrected chi connectivity index (χ1v) is 18.0. The molecule has 230 valence electrons. The molecule has 0 saturated carbocycles. The van der Waals surface area contributed by atoms with Gasteiger partial charge in [-0.05, 0) is 18.1 Å². The van der Waals surface area contributed by atoms with Gasteiger partial charge in [-0.15, -0.1) is 93.4 Å². The van der Waals surface area contributed by atoms with Crippen LogP contribution in [0.3, 0.4) is 0 Å². The Balaban J connectivity index is 0.000000402. The number of hydrogen-bond acceptors (Lipinski definition) is 0. The zero-order valence-electron chi connectivity index (χ0n) is 26.6. The summed E-state index contributed by atoms with van der Waals surface area (Å²) in [6, 6.07) is 49.9. The molecule has 0 N–H and O–H groups in total.